The molecule has 0 bridgehead atoms. The van der Waals surface area contributed by atoms with E-state index in [0.717, 1.165) is 18.7 Å². The maximum atomic E-state index is 13.2. The molecular weight excluding hydrogens is 273 g/mol. The molecule has 1 aromatic rings. The molecule has 1 aromatic carbocycles. The number of benzene rings is 1. The van der Waals surface area contributed by atoms with Crippen molar-refractivity contribution in [3.05, 3.63) is 29.6 Å². The number of carbonyl (C=O) groups excluding carboxylic acids is 1. The van der Waals surface area contributed by atoms with Crippen LogP contribution in [-0.4, -0.2) is 56.7 Å². The highest BCUT2D eigenvalue weighted by Crippen LogP contribution is 2.15. The van der Waals surface area contributed by atoms with Gasteiger partial charge in [0.25, 0.3) is 0 Å². The molecule has 1 saturated heterocycles. The summed E-state index contributed by atoms with van der Waals surface area (Å²) in [6.07, 6.45) is 0.104. The summed E-state index contributed by atoms with van der Waals surface area (Å²) in [5.74, 6) is -0.513. The first-order valence-corrected chi connectivity index (χ1v) is 7.11. The summed E-state index contributed by atoms with van der Waals surface area (Å²) in [6, 6.07) is 4.36. The lowest BCUT2D eigenvalue weighted by molar-refractivity contribution is -0.117. The molecule has 2 N–H and O–H groups in total. The Morgan fingerprint density at radius 2 is 2.38 bits per heavy atom. The lowest BCUT2D eigenvalue weighted by atomic mass is 10.2. The summed E-state index contributed by atoms with van der Waals surface area (Å²) >= 11 is 0. The normalized spacial score (nSPS) is 18.8. The summed E-state index contributed by atoms with van der Waals surface area (Å²) in [5, 5.41) is 6.00. The van der Waals surface area contributed by atoms with Gasteiger partial charge in [-0.15, -0.1) is 0 Å². The van der Waals surface area contributed by atoms with E-state index in [2.05, 4.69) is 10.6 Å². The number of likely N-dealkylation sites (N-methyl/N-ethyl adjacent to an activating group) is 1. The van der Waals surface area contributed by atoms with Crippen LogP contribution in [0.25, 0.3) is 0 Å². The predicted molar refractivity (Wildman–Crippen MR) is 79.9 cm³/mol. The molecule has 5 nitrogen and oxygen atoms in total. The lowest BCUT2D eigenvalue weighted by Gasteiger charge is -2.27. The molecule has 2 rings (SSSR count). The van der Waals surface area contributed by atoms with Crippen molar-refractivity contribution in [2.24, 2.45) is 0 Å². The maximum Gasteiger partial charge on any atom is 0.238 e. The Labute approximate surface area is 124 Å². The average molecular weight is 295 g/mol. The van der Waals surface area contributed by atoms with E-state index in [1.165, 1.54) is 12.1 Å². The maximum absolute atomic E-state index is 13.2. The van der Waals surface area contributed by atoms with Gasteiger partial charge in [-0.25, -0.2) is 4.39 Å². The van der Waals surface area contributed by atoms with Crippen LogP contribution in [0, 0.1) is 12.7 Å². The van der Waals surface area contributed by atoms with E-state index in [9.17, 15) is 9.18 Å². The molecule has 1 atom stereocenters. The van der Waals surface area contributed by atoms with Crippen molar-refractivity contribution < 1.29 is 13.9 Å². The van der Waals surface area contributed by atoms with Crippen LogP contribution in [0.5, 0.6) is 0 Å². The lowest BCUT2D eigenvalue weighted by Crippen LogP contribution is -2.45. The van der Waals surface area contributed by atoms with E-state index >= 15 is 0 Å². The number of nitrogens with zero attached hydrogens (tertiary/aromatic N) is 1. The van der Waals surface area contributed by atoms with E-state index in [4.69, 9.17) is 4.74 Å². The Morgan fingerprint density at radius 3 is 3.10 bits per heavy atom. The Hall–Kier alpha value is -1.50. The van der Waals surface area contributed by atoms with Gasteiger partial charge >= 0.3 is 0 Å². The second-order valence-corrected chi connectivity index (χ2v) is 5.40. The van der Waals surface area contributed by atoms with Crippen LogP contribution in [0.3, 0.4) is 0 Å². The number of halogens is 1. The fraction of sp³-hybridized carbons (Fsp3) is 0.533. The van der Waals surface area contributed by atoms with Gasteiger partial charge < -0.3 is 15.4 Å². The van der Waals surface area contributed by atoms with Crippen LogP contribution < -0.4 is 10.6 Å². The standard InChI is InChI=1S/C15H22FN3O2/c1-11-3-4-12(16)7-14(11)18-15(20)10-19(2)9-13-8-17-5-6-21-13/h3-4,7,13,17H,5-6,8-10H2,1-2H3,(H,18,20). The Balaban J connectivity index is 1.81. The van der Waals surface area contributed by atoms with Crippen LogP contribution >= 0.6 is 0 Å². The number of rotatable bonds is 5. The molecule has 6 heteroatoms. The number of ether oxygens (including phenoxy) is 1. The van der Waals surface area contributed by atoms with Gasteiger partial charge in [0.05, 0.1) is 19.3 Å². The van der Waals surface area contributed by atoms with E-state index in [1.54, 1.807) is 6.07 Å². The summed E-state index contributed by atoms with van der Waals surface area (Å²) < 4.78 is 18.8. The minimum Gasteiger partial charge on any atom is -0.374 e. The third-order valence-corrected chi connectivity index (χ3v) is 3.41. The van der Waals surface area contributed by atoms with E-state index in [0.29, 0.717) is 18.8 Å². The molecule has 0 aromatic heterocycles. The number of aryl methyl sites for hydroxylation is 1. The van der Waals surface area contributed by atoms with Crippen molar-refractivity contribution in [3.8, 4) is 0 Å². The molecule has 1 heterocycles. The molecule has 1 unspecified atom stereocenters. The minimum absolute atomic E-state index is 0.104. The first kappa shape index (κ1) is 15.9. The van der Waals surface area contributed by atoms with Crippen LogP contribution in [0.4, 0.5) is 10.1 Å². The van der Waals surface area contributed by atoms with Gasteiger partial charge in [-0.2, -0.15) is 0 Å². The number of anilines is 1. The first-order valence-electron chi connectivity index (χ1n) is 7.11. The number of amides is 1. The van der Waals surface area contributed by atoms with Crippen LogP contribution in [0.2, 0.25) is 0 Å². The molecular formula is C15H22FN3O2. The fourth-order valence-electron chi connectivity index (χ4n) is 2.31. The van der Waals surface area contributed by atoms with Crippen molar-refractivity contribution in [1.29, 1.82) is 0 Å². The summed E-state index contributed by atoms with van der Waals surface area (Å²) in [4.78, 5) is 13.9. The monoisotopic (exact) mass is 295 g/mol. The van der Waals surface area contributed by atoms with Gasteiger partial charge in [0.15, 0.2) is 0 Å². The van der Waals surface area contributed by atoms with Crippen LogP contribution in [0.1, 0.15) is 5.56 Å². The smallest absolute Gasteiger partial charge is 0.238 e. The summed E-state index contributed by atoms with van der Waals surface area (Å²) in [6.45, 7) is 5.14. The third kappa shape index (κ3) is 5.08. The molecule has 1 fully saturated rings. The second-order valence-electron chi connectivity index (χ2n) is 5.40. The fourth-order valence-corrected chi connectivity index (χ4v) is 2.31. The highest BCUT2D eigenvalue weighted by atomic mass is 19.1. The molecule has 0 spiro atoms. The zero-order valence-electron chi connectivity index (χ0n) is 12.5. The topological polar surface area (TPSA) is 53.6 Å². The molecule has 0 aliphatic carbocycles. The molecule has 1 aliphatic rings. The zero-order chi connectivity index (χ0) is 15.2. The van der Waals surface area contributed by atoms with E-state index < -0.39 is 0 Å². The highest BCUT2D eigenvalue weighted by molar-refractivity contribution is 5.92. The molecule has 21 heavy (non-hydrogen) atoms. The number of nitrogens with one attached hydrogen (secondary N) is 2. The molecule has 1 aliphatic heterocycles. The first-order chi connectivity index (χ1) is 10.0. The highest BCUT2D eigenvalue weighted by Gasteiger charge is 2.17. The van der Waals surface area contributed by atoms with Gasteiger partial charge in [0.2, 0.25) is 5.91 Å². The van der Waals surface area contributed by atoms with E-state index in [1.807, 2.05) is 18.9 Å². The molecule has 1 amide bonds. The Kier molecular flexibility index (Phi) is 5.67. The van der Waals surface area contributed by atoms with Crippen molar-refractivity contribution in [2.45, 2.75) is 13.0 Å². The summed E-state index contributed by atoms with van der Waals surface area (Å²) in [5.41, 5.74) is 1.36. The van der Waals surface area contributed by atoms with Crippen LogP contribution in [-0.2, 0) is 9.53 Å². The van der Waals surface area contributed by atoms with Crippen molar-refractivity contribution in [3.63, 3.8) is 0 Å². The molecule has 116 valence electrons. The van der Waals surface area contributed by atoms with E-state index in [-0.39, 0.29) is 24.4 Å². The third-order valence-electron chi connectivity index (χ3n) is 3.41. The van der Waals surface area contributed by atoms with Crippen molar-refractivity contribution >= 4 is 11.6 Å². The average Bonchev–Trinajstić information content (AvgIpc) is 2.43. The summed E-state index contributed by atoms with van der Waals surface area (Å²) in [7, 11) is 1.87. The number of hydrogen-bond donors (Lipinski definition) is 2. The Bertz CT molecular complexity index is 490. The minimum atomic E-state index is -0.356. The van der Waals surface area contributed by atoms with Crippen molar-refractivity contribution in [2.75, 3.05) is 45.2 Å². The number of morpholine rings is 1. The Morgan fingerprint density at radius 1 is 1.57 bits per heavy atom. The molecule has 0 radical (unpaired) electrons. The van der Waals surface area contributed by atoms with Crippen LogP contribution in [0.15, 0.2) is 18.2 Å². The largest absolute Gasteiger partial charge is 0.374 e. The number of carbonyl (C=O) groups is 1. The second kappa shape index (κ2) is 7.49. The van der Waals surface area contributed by atoms with Gasteiger partial charge in [0.1, 0.15) is 5.82 Å². The zero-order valence-corrected chi connectivity index (χ0v) is 12.5. The van der Waals surface area contributed by atoms with Gasteiger partial charge in [-0.3, -0.25) is 9.69 Å². The van der Waals surface area contributed by atoms with Gasteiger partial charge in [0, 0.05) is 25.3 Å². The van der Waals surface area contributed by atoms with Crippen molar-refractivity contribution in [1.82, 2.24) is 10.2 Å². The predicted octanol–water partition coefficient (Wildman–Crippen LogP) is 0.993. The molecule has 0 saturated carbocycles. The quantitative estimate of drug-likeness (QED) is 0.851. The van der Waals surface area contributed by atoms with Gasteiger partial charge in [-0.05, 0) is 31.7 Å². The SMILES string of the molecule is Cc1ccc(F)cc1NC(=O)CN(C)CC1CNCCO1. The van der Waals surface area contributed by atoms with Gasteiger partial charge in [-0.1, -0.05) is 6.07 Å². The number of hydrogen-bond acceptors (Lipinski definition) is 4.